The van der Waals surface area contributed by atoms with Crippen LogP contribution in [0.5, 0.6) is 11.5 Å². The monoisotopic (exact) mass is 479 g/mol. The van der Waals surface area contributed by atoms with Crippen LogP contribution in [0.3, 0.4) is 0 Å². The number of ether oxygens (including phenoxy) is 3. The number of hydrogen-bond donors (Lipinski definition) is 2. The highest BCUT2D eigenvalue weighted by atomic mass is 35.5. The summed E-state index contributed by atoms with van der Waals surface area (Å²) in [6, 6.07) is 8.12. The SMILES string of the molecule is CCOc1ccc(C(=O)NCC(=O)OCC(=O)Nc2cc([N+](=O)[O-])ccc2Cl)cc1OCC. The minimum absolute atomic E-state index is 0.000760. The molecule has 0 spiro atoms. The lowest BCUT2D eigenvalue weighted by molar-refractivity contribution is -0.384. The van der Waals surface area contributed by atoms with E-state index in [1.165, 1.54) is 24.3 Å². The number of nitrogens with one attached hydrogen (secondary N) is 2. The van der Waals surface area contributed by atoms with Crippen molar-refractivity contribution < 1.29 is 33.5 Å². The van der Waals surface area contributed by atoms with E-state index in [-0.39, 0.29) is 22.0 Å². The molecular formula is C21H22ClN3O8. The van der Waals surface area contributed by atoms with Crippen LogP contribution in [0, 0.1) is 10.1 Å². The first-order chi connectivity index (χ1) is 15.7. The first-order valence-corrected chi connectivity index (χ1v) is 10.2. The molecular weight excluding hydrogens is 458 g/mol. The van der Waals surface area contributed by atoms with Crippen molar-refractivity contribution >= 4 is 40.8 Å². The van der Waals surface area contributed by atoms with Crippen molar-refractivity contribution in [2.45, 2.75) is 13.8 Å². The third kappa shape index (κ3) is 7.65. The van der Waals surface area contributed by atoms with Crippen LogP contribution in [0.4, 0.5) is 11.4 Å². The lowest BCUT2D eigenvalue weighted by atomic mass is 10.2. The van der Waals surface area contributed by atoms with Crippen LogP contribution in [0.1, 0.15) is 24.2 Å². The molecule has 2 N–H and O–H groups in total. The van der Waals surface area contributed by atoms with Gasteiger partial charge in [-0.3, -0.25) is 24.5 Å². The molecule has 0 aromatic heterocycles. The highest BCUT2D eigenvalue weighted by molar-refractivity contribution is 6.33. The van der Waals surface area contributed by atoms with Crippen molar-refractivity contribution in [3.8, 4) is 11.5 Å². The molecule has 2 aromatic rings. The number of carbonyl (C=O) groups is 3. The predicted octanol–water partition coefficient (Wildman–Crippen LogP) is 2.96. The molecule has 0 atom stereocenters. The molecule has 0 heterocycles. The minimum Gasteiger partial charge on any atom is -0.490 e. The molecule has 2 aromatic carbocycles. The number of esters is 1. The molecule has 176 valence electrons. The maximum Gasteiger partial charge on any atom is 0.325 e. The van der Waals surface area contributed by atoms with Gasteiger partial charge in [-0.1, -0.05) is 11.6 Å². The number of non-ortho nitro benzene ring substituents is 1. The van der Waals surface area contributed by atoms with Gasteiger partial charge >= 0.3 is 5.97 Å². The van der Waals surface area contributed by atoms with Gasteiger partial charge in [-0.25, -0.2) is 0 Å². The fraction of sp³-hybridized carbons (Fsp3) is 0.286. The topological polar surface area (TPSA) is 146 Å². The van der Waals surface area contributed by atoms with Gasteiger partial charge in [-0.15, -0.1) is 0 Å². The number of nitro benzene ring substituents is 1. The molecule has 0 aliphatic heterocycles. The van der Waals surface area contributed by atoms with E-state index in [4.69, 9.17) is 25.8 Å². The molecule has 0 bridgehead atoms. The molecule has 0 saturated carbocycles. The number of nitrogens with zero attached hydrogens (tertiary/aromatic N) is 1. The molecule has 33 heavy (non-hydrogen) atoms. The number of halogens is 1. The van der Waals surface area contributed by atoms with E-state index < -0.39 is 35.9 Å². The van der Waals surface area contributed by atoms with Gasteiger partial charge in [0.1, 0.15) is 6.54 Å². The smallest absolute Gasteiger partial charge is 0.325 e. The molecule has 0 aliphatic rings. The molecule has 0 fully saturated rings. The number of rotatable bonds is 11. The van der Waals surface area contributed by atoms with Crippen LogP contribution in [-0.4, -0.2) is 49.1 Å². The molecule has 0 radical (unpaired) electrons. The summed E-state index contributed by atoms with van der Waals surface area (Å²) in [7, 11) is 0. The van der Waals surface area contributed by atoms with Crippen LogP contribution in [0.15, 0.2) is 36.4 Å². The maximum atomic E-state index is 12.3. The zero-order valence-electron chi connectivity index (χ0n) is 17.9. The van der Waals surface area contributed by atoms with Gasteiger partial charge < -0.3 is 24.8 Å². The average Bonchev–Trinajstić information content (AvgIpc) is 2.78. The van der Waals surface area contributed by atoms with Gasteiger partial charge in [-0.05, 0) is 38.1 Å². The summed E-state index contributed by atoms with van der Waals surface area (Å²) < 4.78 is 15.7. The Hall–Kier alpha value is -3.86. The van der Waals surface area contributed by atoms with Gasteiger partial charge in [0.05, 0.1) is 28.8 Å². The quantitative estimate of drug-likeness (QED) is 0.284. The summed E-state index contributed by atoms with van der Waals surface area (Å²) in [4.78, 5) is 46.3. The summed E-state index contributed by atoms with van der Waals surface area (Å²) in [5, 5.41) is 15.6. The van der Waals surface area contributed by atoms with E-state index >= 15 is 0 Å². The minimum atomic E-state index is -0.861. The third-order valence-electron chi connectivity index (χ3n) is 4.00. The molecule has 2 amide bonds. The zero-order valence-corrected chi connectivity index (χ0v) is 18.6. The Kier molecular flexibility index (Phi) is 9.43. The number of hydrogen-bond acceptors (Lipinski definition) is 8. The van der Waals surface area contributed by atoms with Crippen molar-refractivity contribution in [1.82, 2.24) is 5.32 Å². The first-order valence-electron chi connectivity index (χ1n) is 9.82. The lowest BCUT2D eigenvalue weighted by Gasteiger charge is -2.12. The van der Waals surface area contributed by atoms with Gasteiger partial charge in [0.2, 0.25) is 0 Å². The summed E-state index contributed by atoms with van der Waals surface area (Å²) in [5.74, 6) is -1.29. The Balaban J connectivity index is 1.86. The second-order valence-corrected chi connectivity index (χ2v) is 6.75. The summed E-state index contributed by atoms with van der Waals surface area (Å²) in [6.45, 7) is 3.26. The fourth-order valence-corrected chi connectivity index (χ4v) is 2.72. The van der Waals surface area contributed by atoms with E-state index in [1.807, 2.05) is 6.92 Å². The van der Waals surface area contributed by atoms with E-state index in [2.05, 4.69) is 10.6 Å². The van der Waals surface area contributed by atoms with Crippen molar-refractivity contribution in [2.75, 3.05) is 31.7 Å². The average molecular weight is 480 g/mol. The van der Waals surface area contributed by atoms with Crippen LogP contribution in [0.2, 0.25) is 5.02 Å². The maximum absolute atomic E-state index is 12.3. The second-order valence-electron chi connectivity index (χ2n) is 6.34. The molecule has 2 rings (SSSR count). The first kappa shape index (κ1) is 25.4. The van der Waals surface area contributed by atoms with Crippen LogP contribution in [0.25, 0.3) is 0 Å². The number of amides is 2. The number of nitro groups is 1. The van der Waals surface area contributed by atoms with E-state index in [0.717, 1.165) is 6.07 Å². The summed E-state index contributed by atoms with van der Waals surface area (Å²) in [6.07, 6.45) is 0. The molecule has 12 heteroatoms. The van der Waals surface area contributed by atoms with Crippen molar-refractivity contribution in [3.63, 3.8) is 0 Å². The standard InChI is InChI=1S/C21H22ClN3O8/c1-3-31-17-8-5-13(9-18(17)32-4-2)21(28)23-11-20(27)33-12-19(26)24-16-10-14(25(29)30)6-7-15(16)22/h5-10H,3-4,11-12H2,1-2H3,(H,23,28)(H,24,26). The van der Waals surface area contributed by atoms with Crippen molar-refractivity contribution in [1.29, 1.82) is 0 Å². The second kappa shape index (κ2) is 12.2. The molecule has 0 unspecified atom stereocenters. The highest BCUT2D eigenvalue weighted by Crippen LogP contribution is 2.28. The van der Waals surface area contributed by atoms with Gasteiger partial charge in [-0.2, -0.15) is 0 Å². The predicted molar refractivity (Wildman–Crippen MR) is 119 cm³/mol. The van der Waals surface area contributed by atoms with Gasteiger partial charge in [0.15, 0.2) is 18.1 Å². The third-order valence-corrected chi connectivity index (χ3v) is 4.33. The van der Waals surface area contributed by atoms with E-state index in [1.54, 1.807) is 13.0 Å². The fourth-order valence-electron chi connectivity index (χ4n) is 2.55. The summed E-state index contributed by atoms with van der Waals surface area (Å²) >= 11 is 5.90. The number of anilines is 1. The molecule has 0 saturated heterocycles. The van der Waals surface area contributed by atoms with Crippen LogP contribution < -0.4 is 20.1 Å². The summed E-state index contributed by atoms with van der Waals surface area (Å²) in [5.41, 5.74) is -0.0234. The van der Waals surface area contributed by atoms with Crippen molar-refractivity contribution in [3.05, 3.63) is 57.1 Å². The highest BCUT2D eigenvalue weighted by Gasteiger charge is 2.15. The Morgan fingerprint density at radius 2 is 1.73 bits per heavy atom. The lowest BCUT2D eigenvalue weighted by Crippen LogP contribution is -2.32. The normalized spacial score (nSPS) is 10.2. The van der Waals surface area contributed by atoms with Gasteiger partial charge in [0.25, 0.3) is 17.5 Å². The number of benzene rings is 2. The molecule has 0 aliphatic carbocycles. The van der Waals surface area contributed by atoms with E-state index in [0.29, 0.717) is 24.7 Å². The molecule has 11 nitrogen and oxygen atoms in total. The van der Waals surface area contributed by atoms with Crippen LogP contribution >= 0.6 is 11.6 Å². The Morgan fingerprint density at radius 3 is 2.39 bits per heavy atom. The van der Waals surface area contributed by atoms with E-state index in [9.17, 15) is 24.5 Å². The number of carbonyl (C=O) groups excluding carboxylic acids is 3. The Morgan fingerprint density at radius 1 is 1.03 bits per heavy atom. The Bertz CT molecular complexity index is 1040. The van der Waals surface area contributed by atoms with Gasteiger partial charge in [0, 0.05) is 17.7 Å². The largest absolute Gasteiger partial charge is 0.490 e. The van der Waals surface area contributed by atoms with Crippen LogP contribution in [-0.2, 0) is 14.3 Å². The Labute approximate surface area is 194 Å². The zero-order chi connectivity index (χ0) is 24.4. The van der Waals surface area contributed by atoms with Crippen molar-refractivity contribution in [2.24, 2.45) is 0 Å².